The molecule has 2 amide bonds. The highest BCUT2D eigenvalue weighted by atomic mass is 16.7. The summed E-state index contributed by atoms with van der Waals surface area (Å²) in [5.41, 5.74) is 1.32. The number of carbonyl (C=O) groups is 2. The number of rotatable bonds is 6. The standard InChI is InChI=1S/C24H38BNO5/c1-8-9-10-11-12-15-18-19(22(28)26(7)21(18)27)16-13-29-14(2)17(16)20(15)25-30-23(3,4)24(5,6)31-25/h14-16,18-19H,8-13H2,1-7H3. The van der Waals surface area contributed by atoms with E-state index in [4.69, 9.17) is 14.0 Å². The SMILES string of the molecule is CCCCCCC1C(B2OC(C)(C)C(C)(C)O2)=C2C(C)OCC2C2C(=O)N(C)C(=O)C12. The smallest absolute Gasteiger partial charge is 0.400 e. The summed E-state index contributed by atoms with van der Waals surface area (Å²) in [4.78, 5) is 27.8. The maximum atomic E-state index is 13.3. The van der Waals surface area contributed by atoms with Crippen LogP contribution in [0.2, 0.25) is 0 Å². The van der Waals surface area contributed by atoms with Crippen molar-refractivity contribution in [3.05, 3.63) is 11.0 Å². The second kappa shape index (κ2) is 8.00. The first-order valence-electron chi connectivity index (χ1n) is 12.0. The number of imide groups is 1. The number of ether oxygens (including phenoxy) is 1. The Morgan fingerprint density at radius 2 is 1.61 bits per heavy atom. The summed E-state index contributed by atoms with van der Waals surface area (Å²) in [5.74, 6) is -0.879. The number of likely N-dealkylation sites (tertiary alicyclic amines) is 1. The average Bonchev–Trinajstić information content (AvgIpc) is 3.25. The van der Waals surface area contributed by atoms with Gasteiger partial charge in [0, 0.05) is 13.0 Å². The van der Waals surface area contributed by atoms with Crippen molar-refractivity contribution in [2.75, 3.05) is 13.7 Å². The van der Waals surface area contributed by atoms with Gasteiger partial charge in [0.05, 0.1) is 35.7 Å². The third-order valence-electron chi connectivity index (χ3n) is 8.46. The summed E-state index contributed by atoms with van der Waals surface area (Å²) >= 11 is 0. The summed E-state index contributed by atoms with van der Waals surface area (Å²) in [7, 11) is 1.13. The minimum atomic E-state index is -0.502. The number of amides is 2. The normalized spacial score (nSPS) is 36.4. The lowest BCUT2D eigenvalue weighted by atomic mass is 9.54. The van der Waals surface area contributed by atoms with Gasteiger partial charge >= 0.3 is 7.12 Å². The van der Waals surface area contributed by atoms with Crippen LogP contribution in [0.4, 0.5) is 0 Å². The van der Waals surface area contributed by atoms with Crippen LogP contribution < -0.4 is 0 Å². The molecule has 0 spiro atoms. The van der Waals surface area contributed by atoms with Gasteiger partial charge in [-0.15, -0.1) is 0 Å². The molecule has 3 aliphatic heterocycles. The van der Waals surface area contributed by atoms with Crippen LogP contribution in [0.5, 0.6) is 0 Å². The average molecular weight is 431 g/mol. The van der Waals surface area contributed by atoms with Gasteiger partial charge in [0.2, 0.25) is 11.8 Å². The predicted molar refractivity (Wildman–Crippen MR) is 119 cm³/mol. The van der Waals surface area contributed by atoms with E-state index in [0.29, 0.717) is 6.61 Å². The van der Waals surface area contributed by atoms with Crippen LogP contribution in [0, 0.1) is 23.7 Å². The van der Waals surface area contributed by atoms with Gasteiger partial charge in [0.15, 0.2) is 0 Å². The molecule has 172 valence electrons. The molecule has 5 atom stereocenters. The molecule has 31 heavy (non-hydrogen) atoms. The molecule has 0 aromatic carbocycles. The zero-order chi connectivity index (χ0) is 22.7. The Labute approximate surface area is 187 Å². The molecule has 0 N–H and O–H groups in total. The van der Waals surface area contributed by atoms with Gasteiger partial charge in [-0.05, 0) is 58.0 Å². The largest absolute Gasteiger partial charge is 0.490 e. The Morgan fingerprint density at radius 3 is 2.23 bits per heavy atom. The molecule has 0 aromatic rings. The van der Waals surface area contributed by atoms with E-state index in [1.807, 2.05) is 0 Å². The minimum absolute atomic E-state index is 0.0478. The summed E-state index contributed by atoms with van der Waals surface area (Å²) in [6.45, 7) is 13.0. The van der Waals surface area contributed by atoms with Crippen LogP contribution in [0.1, 0.15) is 73.6 Å². The Morgan fingerprint density at radius 1 is 1.00 bits per heavy atom. The molecule has 3 heterocycles. The topological polar surface area (TPSA) is 65.1 Å². The highest BCUT2D eigenvalue weighted by Crippen LogP contribution is 2.55. The van der Waals surface area contributed by atoms with Crippen LogP contribution in [-0.2, 0) is 23.6 Å². The zero-order valence-corrected chi connectivity index (χ0v) is 20.2. The number of fused-ring (bicyclic) bond motifs is 3. The molecule has 0 aromatic heterocycles. The van der Waals surface area contributed by atoms with Gasteiger partial charge in [0.1, 0.15) is 0 Å². The van der Waals surface area contributed by atoms with Gasteiger partial charge in [-0.1, -0.05) is 32.6 Å². The number of unbranched alkanes of at least 4 members (excludes halogenated alkanes) is 3. The summed E-state index contributed by atoms with van der Waals surface area (Å²) in [5, 5.41) is 0. The number of hydrogen-bond donors (Lipinski definition) is 0. The minimum Gasteiger partial charge on any atom is -0.400 e. The van der Waals surface area contributed by atoms with Gasteiger partial charge in [-0.25, -0.2) is 0 Å². The lowest BCUT2D eigenvalue weighted by molar-refractivity contribution is -0.138. The van der Waals surface area contributed by atoms with E-state index in [-0.39, 0.29) is 41.6 Å². The zero-order valence-electron chi connectivity index (χ0n) is 20.2. The number of nitrogens with zero attached hydrogens (tertiary/aromatic N) is 1. The molecule has 0 radical (unpaired) electrons. The molecular formula is C24H38BNO5. The summed E-state index contributed by atoms with van der Waals surface area (Å²) < 4.78 is 19.1. The first kappa shape index (κ1) is 23.0. The third kappa shape index (κ3) is 3.51. The van der Waals surface area contributed by atoms with Crippen LogP contribution in [-0.4, -0.2) is 54.8 Å². The number of hydrogen-bond acceptors (Lipinski definition) is 5. The van der Waals surface area contributed by atoms with E-state index in [2.05, 4.69) is 41.5 Å². The molecule has 0 saturated carbocycles. The molecule has 4 rings (SSSR count). The lowest BCUT2D eigenvalue weighted by Crippen LogP contribution is -2.44. The molecule has 3 fully saturated rings. The van der Waals surface area contributed by atoms with Crippen molar-refractivity contribution in [1.82, 2.24) is 4.90 Å². The molecule has 1 aliphatic carbocycles. The van der Waals surface area contributed by atoms with Crippen LogP contribution in [0.15, 0.2) is 11.0 Å². The first-order chi connectivity index (χ1) is 14.5. The highest BCUT2D eigenvalue weighted by molar-refractivity contribution is 6.55. The van der Waals surface area contributed by atoms with E-state index in [1.54, 1.807) is 7.05 Å². The fourth-order valence-electron chi connectivity index (χ4n) is 6.00. The Bertz CT molecular complexity index is 775. The molecule has 6 nitrogen and oxygen atoms in total. The summed E-state index contributed by atoms with van der Waals surface area (Å²) in [6, 6.07) is 0. The predicted octanol–water partition coefficient (Wildman–Crippen LogP) is 3.78. The van der Waals surface area contributed by atoms with Gasteiger partial charge in [-0.3, -0.25) is 14.5 Å². The Hall–Kier alpha value is -1.18. The maximum absolute atomic E-state index is 13.3. The van der Waals surface area contributed by atoms with Crippen molar-refractivity contribution in [3.63, 3.8) is 0 Å². The molecule has 0 bridgehead atoms. The first-order valence-corrected chi connectivity index (χ1v) is 12.0. The quantitative estimate of drug-likeness (QED) is 0.364. The van der Waals surface area contributed by atoms with E-state index in [0.717, 1.165) is 36.7 Å². The van der Waals surface area contributed by atoms with Gasteiger partial charge in [-0.2, -0.15) is 0 Å². The van der Waals surface area contributed by atoms with E-state index in [1.165, 1.54) is 11.3 Å². The van der Waals surface area contributed by atoms with Crippen molar-refractivity contribution in [2.45, 2.75) is 91.0 Å². The Balaban J connectivity index is 1.79. The van der Waals surface area contributed by atoms with E-state index in [9.17, 15) is 9.59 Å². The Kier molecular flexibility index (Phi) is 5.93. The van der Waals surface area contributed by atoms with Crippen molar-refractivity contribution >= 4 is 18.9 Å². The van der Waals surface area contributed by atoms with E-state index < -0.39 is 18.3 Å². The summed E-state index contributed by atoms with van der Waals surface area (Å²) in [6.07, 6.45) is 5.28. The van der Waals surface area contributed by atoms with Crippen molar-refractivity contribution < 1.29 is 23.6 Å². The number of carbonyl (C=O) groups excluding carboxylic acids is 2. The van der Waals surface area contributed by atoms with E-state index >= 15 is 0 Å². The second-order valence-electron chi connectivity index (χ2n) is 10.8. The van der Waals surface area contributed by atoms with Crippen molar-refractivity contribution in [3.8, 4) is 0 Å². The molecular weight excluding hydrogens is 393 g/mol. The van der Waals surface area contributed by atoms with Gasteiger partial charge < -0.3 is 14.0 Å². The second-order valence-corrected chi connectivity index (χ2v) is 10.8. The fraction of sp³-hybridized carbons (Fsp3) is 0.833. The third-order valence-corrected chi connectivity index (χ3v) is 8.46. The van der Waals surface area contributed by atoms with Crippen molar-refractivity contribution in [1.29, 1.82) is 0 Å². The molecule has 7 heteroatoms. The van der Waals surface area contributed by atoms with Crippen molar-refractivity contribution in [2.24, 2.45) is 23.7 Å². The molecule has 3 saturated heterocycles. The van der Waals surface area contributed by atoms with Crippen LogP contribution in [0.25, 0.3) is 0 Å². The lowest BCUT2D eigenvalue weighted by Gasteiger charge is -2.39. The van der Waals surface area contributed by atoms with Gasteiger partial charge in [0.25, 0.3) is 0 Å². The van der Waals surface area contributed by atoms with Crippen LogP contribution >= 0.6 is 0 Å². The fourth-order valence-corrected chi connectivity index (χ4v) is 6.00. The highest BCUT2D eigenvalue weighted by Gasteiger charge is 2.63. The van der Waals surface area contributed by atoms with Crippen LogP contribution in [0.3, 0.4) is 0 Å². The molecule has 5 unspecified atom stereocenters. The monoisotopic (exact) mass is 431 g/mol. The molecule has 4 aliphatic rings. The number of allylic oxidation sites excluding steroid dienone is 1. The maximum Gasteiger partial charge on any atom is 0.490 e.